The molecule has 1 aromatic rings. The molecule has 0 fully saturated rings. The third-order valence-electron chi connectivity index (χ3n) is 1.80. The fraction of sp³-hybridized carbons (Fsp3) is 0.714. The average Bonchev–Trinajstić information content (AvgIpc) is 2.69. The summed E-state index contributed by atoms with van der Waals surface area (Å²) in [5.74, 6) is -0.105. The first-order valence-electron chi connectivity index (χ1n) is 4.39. The Labute approximate surface area is 81.9 Å². The molecule has 0 aliphatic heterocycles. The van der Waals surface area contributed by atoms with E-state index in [1.807, 2.05) is 7.05 Å². The smallest absolute Gasteiger partial charge is 0.295 e. The van der Waals surface area contributed by atoms with Crippen LogP contribution in [0.1, 0.15) is 17.0 Å². The summed E-state index contributed by atoms with van der Waals surface area (Å²) in [6.07, 6.45) is 0.899. The number of carbonyl (C=O) groups is 1. The predicted octanol–water partition coefficient (Wildman–Crippen LogP) is -1.12. The van der Waals surface area contributed by atoms with Crippen LogP contribution in [0.5, 0.6) is 0 Å². The summed E-state index contributed by atoms with van der Waals surface area (Å²) >= 11 is 0. The Bertz CT molecular complexity index is 272. The minimum absolute atomic E-state index is 0.108. The molecule has 0 saturated heterocycles. The number of carbonyl (C=O) groups excluding carboxylic acids is 1. The summed E-state index contributed by atoms with van der Waals surface area (Å²) in [6, 6.07) is 0. The first kappa shape index (κ1) is 10.6. The molecule has 1 aromatic heterocycles. The fourth-order valence-electron chi connectivity index (χ4n) is 1.02. The van der Waals surface area contributed by atoms with Crippen LogP contribution in [-0.2, 0) is 0 Å². The lowest BCUT2D eigenvalue weighted by molar-refractivity contribution is 0.0782. The molecule has 0 radical (unpaired) electrons. The number of aromatic nitrogens is 4. The molecule has 0 aromatic carbocycles. The van der Waals surface area contributed by atoms with Crippen LogP contribution in [0.4, 0.5) is 0 Å². The van der Waals surface area contributed by atoms with Gasteiger partial charge in [-0.15, -0.1) is 10.2 Å². The molecule has 1 amide bonds. The largest absolute Gasteiger partial charge is 0.339 e. The van der Waals surface area contributed by atoms with E-state index in [-0.39, 0.29) is 11.7 Å². The van der Waals surface area contributed by atoms with E-state index in [0.717, 1.165) is 13.0 Å². The summed E-state index contributed by atoms with van der Waals surface area (Å²) in [4.78, 5) is 13.1. The Kier molecular flexibility index (Phi) is 3.99. The molecule has 2 N–H and O–H groups in total. The molecule has 0 spiro atoms. The van der Waals surface area contributed by atoms with E-state index >= 15 is 0 Å². The van der Waals surface area contributed by atoms with Gasteiger partial charge in [-0.2, -0.15) is 5.21 Å². The van der Waals surface area contributed by atoms with Crippen molar-refractivity contribution in [3.63, 3.8) is 0 Å². The number of hydrogen-bond donors (Lipinski definition) is 2. The highest BCUT2D eigenvalue weighted by Gasteiger charge is 2.15. The maximum absolute atomic E-state index is 11.5. The summed E-state index contributed by atoms with van der Waals surface area (Å²) in [6.45, 7) is 1.55. The SMILES string of the molecule is CNCCCN(C)C(=O)c1nn[nH]n1. The molecule has 14 heavy (non-hydrogen) atoms. The summed E-state index contributed by atoms with van der Waals surface area (Å²) < 4.78 is 0. The van der Waals surface area contributed by atoms with Gasteiger partial charge >= 0.3 is 0 Å². The van der Waals surface area contributed by atoms with E-state index in [2.05, 4.69) is 25.9 Å². The Morgan fingerprint density at radius 2 is 2.43 bits per heavy atom. The molecule has 78 valence electrons. The Balaban J connectivity index is 2.37. The van der Waals surface area contributed by atoms with E-state index in [0.29, 0.717) is 6.54 Å². The second kappa shape index (κ2) is 5.28. The monoisotopic (exact) mass is 198 g/mol. The molecule has 7 nitrogen and oxygen atoms in total. The van der Waals surface area contributed by atoms with Gasteiger partial charge in [-0.1, -0.05) is 0 Å². The molecular weight excluding hydrogens is 184 g/mol. The van der Waals surface area contributed by atoms with E-state index < -0.39 is 0 Å². The second-order valence-electron chi connectivity index (χ2n) is 2.92. The number of nitrogens with zero attached hydrogens (tertiary/aromatic N) is 4. The second-order valence-corrected chi connectivity index (χ2v) is 2.92. The standard InChI is InChI=1S/C7H14N6O/c1-8-4-3-5-13(2)7(14)6-9-11-12-10-6/h8H,3-5H2,1-2H3,(H,9,10,11,12). The van der Waals surface area contributed by atoms with Crippen molar-refractivity contribution in [3.8, 4) is 0 Å². The van der Waals surface area contributed by atoms with Gasteiger partial charge in [0.25, 0.3) is 11.7 Å². The quantitative estimate of drug-likeness (QED) is 0.585. The Hall–Kier alpha value is -1.50. The van der Waals surface area contributed by atoms with Crippen molar-refractivity contribution < 1.29 is 4.79 Å². The molecule has 0 aliphatic rings. The van der Waals surface area contributed by atoms with Gasteiger partial charge in [0.15, 0.2) is 0 Å². The third kappa shape index (κ3) is 2.77. The minimum atomic E-state index is -0.213. The molecule has 0 unspecified atom stereocenters. The number of rotatable bonds is 5. The zero-order valence-corrected chi connectivity index (χ0v) is 8.32. The van der Waals surface area contributed by atoms with E-state index in [1.54, 1.807) is 11.9 Å². The number of nitrogens with one attached hydrogen (secondary N) is 2. The third-order valence-corrected chi connectivity index (χ3v) is 1.80. The number of H-pyrrole nitrogens is 1. The topological polar surface area (TPSA) is 86.8 Å². The van der Waals surface area contributed by atoms with Gasteiger partial charge < -0.3 is 10.2 Å². The molecule has 7 heteroatoms. The highest BCUT2D eigenvalue weighted by molar-refractivity contribution is 5.89. The molecular formula is C7H14N6O. The Morgan fingerprint density at radius 3 is 3.00 bits per heavy atom. The van der Waals surface area contributed by atoms with Crippen LogP contribution < -0.4 is 5.32 Å². The van der Waals surface area contributed by atoms with Crippen LogP contribution in [0.3, 0.4) is 0 Å². The number of amides is 1. The van der Waals surface area contributed by atoms with Crippen molar-refractivity contribution in [1.82, 2.24) is 30.8 Å². The highest BCUT2D eigenvalue weighted by Crippen LogP contribution is 1.94. The normalized spacial score (nSPS) is 10.1. The van der Waals surface area contributed by atoms with Crippen molar-refractivity contribution in [2.75, 3.05) is 27.2 Å². The van der Waals surface area contributed by atoms with Gasteiger partial charge in [-0.3, -0.25) is 4.79 Å². The van der Waals surface area contributed by atoms with Crippen molar-refractivity contribution in [2.45, 2.75) is 6.42 Å². The van der Waals surface area contributed by atoms with E-state index in [4.69, 9.17) is 0 Å². The number of tetrazole rings is 1. The van der Waals surface area contributed by atoms with Crippen LogP contribution in [0.25, 0.3) is 0 Å². The van der Waals surface area contributed by atoms with Gasteiger partial charge in [0, 0.05) is 13.6 Å². The first-order valence-corrected chi connectivity index (χ1v) is 4.39. The van der Waals surface area contributed by atoms with Gasteiger partial charge in [0.2, 0.25) is 0 Å². The lowest BCUT2D eigenvalue weighted by Gasteiger charge is -2.14. The maximum Gasteiger partial charge on any atom is 0.295 e. The zero-order valence-electron chi connectivity index (χ0n) is 8.32. The molecule has 0 atom stereocenters. The fourth-order valence-corrected chi connectivity index (χ4v) is 1.02. The van der Waals surface area contributed by atoms with Gasteiger partial charge in [0.05, 0.1) is 0 Å². The van der Waals surface area contributed by atoms with Crippen LogP contribution in [0.2, 0.25) is 0 Å². The minimum Gasteiger partial charge on any atom is -0.339 e. The zero-order chi connectivity index (χ0) is 10.4. The van der Waals surface area contributed by atoms with Gasteiger partial charge in [-0.05, 0) is 25.2 Å². The molecule has 0 aliphatic carbocycles. The van der Waals surface area contributed by atoms with E-state index in [1.165, 1.54) is 0 Å². The van der Waals surface area contributed by atoms with Crippen molar-refractivity contribution in [1.29, 1.82) is 0 Å². The molecule has 0 saturated carbocycles. The van der Waals surface area contributed by atoms with Crippen LogP contribution >= 0.6 is 0 Å². The van der Waals surface area contributed by atoms with Crippen molar-refractivity contribution in [3.05, 3.63) is 5.82 Å². The maximum atomic E-state index is 11.5. The molecule has 0 bridgehead atoms. The lowest BCUT2D eigenvalue weighted by Crippen LogP contribution is -2.30. The van der Waals surface area contributed by atoms with Crippen LogP contribution in [0.15, 0.2) is 0 Å². The molecule has 1 heterocycles. The Morgan fingerprint density at radius 1 is 1.64 bits per heavy atom. The number of hydrogen-bond acceptors (Lipinski definition) is 5. The van der Waals surface area contributed by atoms with Crippen molar-refractivity contribution in [2.24, 2.45) is 0 Å². The summed E-state index contributed by atoms with van der Waals surface area (Å²) in [5.41, 5.74) is 0. The summed E-state index contributed by atoms with van der Waals surface area (Å²) in [7, 11) is 3.59. The van der Waals surface area contributed by atoms with Crippen LogP contribution in [-0.4, -0.2) is 58.6 Å². The lowest BCUT2D eigenvalue weighted by atomic mass is 10.4. The van der Waals surface area contributed by atoms with E-state index in [9.17, 15) is 4.79 Å². The van der Waals surface area contributed by atoms with Crippen LogP contribution in [0, 0.1) is 0 Å². The summed E-state index contributed by atoms with van der Waals surface area (Å²) in [5, 5.41) is 15.8. The van der Waals surface area contributed by atoms with Gasteiger partial charge in [0.1, 0.15) is 0 Å². The first-order chi connectivity index (χ1) is 6.75. The predicted molar refractivity (Wildman–Crippen MR) is 49.7 cm³/mol. The van der Waals surface area contributed by atoms with Gasteiger partial charge in [-0.25, -0.2) is 0 Å². The average molecular weight is 198 g/mol. The van der Waals surface area contributed by atoms with Crippen molar-refractivity contribution >= 4 is 5.91 Å². The molecule has 1 rings (SSSR count). The number of aromatic amines is 1. The highest BCUT2D eigenvalue weighted by atomic mass is 16.2.